The smallest absolute Gasteiger partial charge is 0.233 e. The summed E-state index contributed by atoms with van der Waals surface area (Å²) in [7, 11) is 0. The highest BCUT2D eigenvalue weighted by atomic mass is 19.1. The van der Waals surface area contributed by atoms with Crippen LogP contribution in [0.15, 0.2) is 18.2 Å². The average Bonchev–Trinajstić information content (AvgIpc) is 2.49. The van der Waals surface area contributed by atoms with Gasteiger partial charge in [-0.25, -0.2) is 8.78 Å². The summed E-state index contributed by atoms with van der Waals surface area (Å²) in [5, 5.41) is 0. The van der Waals surface area contributed by atoms with Gasteiger partial charge in [0.15, 0.2) is 0 Å². The van der Waals surface area contributed by atoms with Crippen LogP contribution < -0.4 is 5.73 Å². The van der Waals surface area contributed by atoms with E-state index in [0.29, 0.717) is 39.1 Å². The summed E-state index contributed by atoms with van der Waals surface area (Å²) < 4.78 is 33.8. The number of benzene rings is 1. The lowest BCUT2D eigenvalue weighted by Gasteiger charge is -2.45. The lowest BCUT2D eigenvalue weighted by Crippen LogP contribution is -2.57. The van der Waals surface area contributed by atoms with Gasteiger partial charge in [0, 0.05) is 25.2 Å². The number of hydrogen-bond acceptors (Lipinski definition) is 3. The molecule has 1 aromatic rings. The van der Waals surface area contributed by atoms with Gasteiger partial charge in [-0.2, -0.15) is 0 Å². The van der Waals surface area contributed by atoms with Crippen molar-refractivity contribution in [2.24, 2.45) is 5.73 Å². The zero-order valence-electron chi connectivity index (χ0n) is 12.4. The van der Waals surface area contributed by atoms with E-state index in [0.717, 1.165) is 6.42 Å². The molecule has 1 atom stereocenters. The second kappa shape index (κ2) is 5.93. The summed E-state index contributed by atoms with van der Waals surface area (Å²) >= 11 is 0. The van der Waals surface area contributed by atoms with Gasteiger partial charge >= 0.3 is 0 Å². The Morgan fingerprint density at radius 1 is 1.36 bits per heavy atom. The minimum absolute atomic E-state index is 0.0814. The molecular formula is C16H20F2N2O2. The molecule has 1 unspecified atom stereocenters. The number of morpholine rings is 1. The Balaban J connectivity index is 1.91. The first-order valence-electron chi connectivity index (χ1n) is 7.64. The molecule has 0 bridgehead atoms. The van der Waals surface area contributed by atoms with Crippen molar-refractivity contribution in [1.82, 2.24) is 4.90 Å². The summed E-state index contributed by atoms with van der Waals surface area (Å²) in [5.74, 6) is -1.49. The Labute approximate surface area is 128 Å². The number of ether oxygens (including phenoxy) is 1. The molecule has 2 fully saturated rings. The van der Waals surface area contributed by atoms with Gasteiger partial charge in [0.25, 0.3) is 0 Å². The summed E-state index contributed by atoms with van der Waals surface area (Å²) in [6.45, 7) is 1.55. The van der Waals surface area contributed by atoms with E-state index in [1.54, 1.807) is 4.90 Å². The molecule has 0 spiro atoms. The average molecular weight is 310 g/mol. The van der Waals surface area contributed by atoms with Gasteiger partial charge < -0.3 is 15.4 Å². The van der Waals surface area contributed by atoms with Crippen molar-refractivity contribution in [3.63, 3.8) is 0 Å². The molecule has 1 saturated heterocycles. The number of halogens is 2. The van der Waals surface area contributed by atoms with Crippen LogP contribution >= 0.6 is 0 Å². The Bertz CT molecular complexity index is 555. The number of rotatable bonds is 3. The molecular weight excluding hydrogens is 290 g/mol. The quantitative estimate of drug-likeness (QED) is 0.922. The molecule has 0 radical (unpaired) electrons. The van der Waals surface area contributed by atoms with Crippen LogP contribution in [0.5, 0.6) is 0 Å². The molecule has 1 aliphatic heterocycles. The molecule has 4 nitrogen and oxygen atoms in total. The molecule has 2 aliphatic rings. The molecule has 0 aromatic heterocycles. The van der Waals surface area contributed by atoms with E-state index in [9.17, 15) is 13.6 Å². The largest absolute Gasteiger partial charge is 0.373 e. The molecule has 22 heavy (non-hydrogen) atoms. The Morgan fingerprint density at radius 3 is 2.59 bits per heavy atom. The van der Waals surface area contributed by atoms with Crippen molar-refractivity contribution < 1.29 is 18.3 Å². The molecule has 1 aliphatic carbocycles. The fraction of sp³-hybridized carbons (Fsp3) is 0.562. The number of nitrogens with zero attached hydrogens (tertiary/aromatic N) is 1. The number of nitrogens with two attached hydrogens (primary N) is 1. The predicted octanol–water partition coefficient (Wildman–Crippen LogP) is 1.57. The monoisotopic (exact) mass is 310 g/mol. The highest BCUT2D eigenvalue weighted by molar-refractivity contribution is 5.89. The minimum Gasteiger partial charge on any atom is -0.373 e. The molecule has 6 heteroatoms. The maximum atomic E-state index is 14.2. The van der Waals surface area contributed by atoms with Crippen LogP contribution in [-0.2, 0) is 14.9 Å². The summed E-state index contributed by atoms with van der Waals surface area (Å²) in [4.78, 5) is 14.6. The van der Waals surface area contributed by atoms with Crippen molar-refractivity contribution in [2.45, 2.75) is 30.8 Å². The first-order valence-corrected chi connectivity index (χ1v) is 7.64. The third kappa shape index (κ3) is 2.40. The normalized spacial score (nSPS) is 24.0. The van der Waals surface area contributed by atoms with E-state index >= 15 is 0 Å². The first-order chi connectivity index (χ1) is 10.6. The highest BCUT2D eigenvalue weighted by Gasteiger charge is 2.51. The Kier molecular flexibility index (Phi) is 4.14. The van der Waals surface area contributed by atoms with E-state index in [1.165, 1.54) is 18.2 Å². The molecule has 3 rings (SSSR count). The van der Waals surface area contributed by atoms with Gasteiger partial charge in [-0.15, -0.1) is 0 Å². The number of carbonyl (C=O) groups excluding carboxylic acids is 1. The van der Waals surface area contributed by atoms with Crippen LogP contribution in [0.3, 0.4) is 0 Å². The number of amides is 1. The van der Waals surface area contributed by atoms with E-state index in [1.807, 2.05) is 0 Å². The Hall–Kier alpha value is -1.53. The second-order valence-electron chi connectivity index (χ2n) is 6.01. The van der Waals surface area contributed by atoms with Crippen molar-refractivity contribution in [3.8, 4) is 0 Å². The topological polar surface area (TPSA) is 55.6 Å². The van der Waals surface area contributed by atoms with Gasteiger partial charge in [0.1, 0.15) is 11.6 Å². The molecule has 1 amide bonds. The van der Waals surface area contributed by atoms with Gasteiger partial charge in [0.2, 0.25) is 5.91 Å². The van der Waals surface area contributed by atoms with Crippen LogP contribution in [-0.4, -0.2) is 43.2 Å². The number of hydrogen-bond donors (Lipinski definition) is 1. The zero-order chi connectivity index (χ0) is 15.7. The van der Waals surface area contributed by atoms with E-state index in [-0.39, 0.29) is 17.6 Å². The van der Waals surface area contributed by atoms with Gasteiger partial charge in [-0.05, 0) is 25.0 Å². The van der Waals surface area contributed by atoms with Gasteiger partial charge in [-0.1, -0.05) is 12.5 Å². The lowest BCUT2D eigenvalue weighted by atomic mass is 9.63. The van der Waals surface area contributed by atoms with E-state index in [2.05, 4.69) is 0 Å². The standard InChI is InChI=1S/C16H20F2N2O2/c17-12-3-1-4-13(18)14(12)16(5-2-6-16)15(21)20-7-8-22-11(9-19)10-20/h1,3-4,11H,2,5-10,19H2. The third-order valence-electron chi connectivity index (χ3n) is 4.75. The molecule has 1 heterocycles. The fourth-order valence-electron chi connectivity index (χ4n) is 3.41. The van der Waals surface area contributed by atoms with Gasteiger partial charge in [0.05, 0.1) is 18.1 Å². The molecule has 1 saturated carbocycles. The van der Waals surface area contributed by atoms with Crippen molar-refractivity contribution >= 4 is 5.91 Å². The van der Waals surface area contributed by atoms with Crippen LogP contribution in [0.1, 0.15) is 24.8 Å². The van der Waals surface area contributed by atoms with Crippen molar-refractivity contribution in [2.75, 3.05) is 26.2 Å². The van der Waals surface area contributed by atoms with Crippen LogP contribution in [0.2, 0.25) is 0 Å². The van der Waals surface area contributed by atoms with Crippen LogP contribution in [0.25, 0.3) is 0 Å². The molecule has 2 N–H and O–H groups in total. The third-order valence-corrected chi connectivity index (χ3v) is 4.75. The first kappa shape index (κ1) is 15.4. The van der Waals surface area contributed by atoms with Crippen molar-refractivity contribution in [1.29, 1.82) is 0 Å². The summed E-state index contributed by atoms with van der Waals surface area (Å²) in [6.07, 6.45) is 1.55. The van der Waals surface area contributed by atoms with E-state index < -0.39 is 17.0 Å². The fourth-order valence-corrected chi connectivity index (χ4v) is 3.41. The predicted molar refractivity (Wildman–Crippen MR) is 77.3 cm³/mol. The minimum atomic E-state index is -1.06. The molecule has 120 valence electrons. The SMILES string of the molecule is NCC1CN(C(=O)C2(c3c(F)cccc3F)CCC2)CCO1. The summed E-state index contributed by atoms with van der Waals surface area (Å²) in [6, 6.07) is 3.76. The van der Waals surface area contributed by atoms with Gasteiger partial charge in [-0.3, -0.25) is 4.79 Å². The van der Waals surface area contributed by atoms with Crippen LogP contribution in [0.4, 0.5) is 8.78 Å². The number of carbonyl (C=O) groups is 1. The zero-order valence-corrected chi connectivity index (χ0v) is 12.4. The summed E-state index contributed by atoms with van der Waals surface area (Å²) in [5.41, 5.74) is 4.45. The molecule has 1 aromatic carbocycles. The Morgan fingerprint density at radius 2 is 2.05 bits per heavy atom. The van der Waals surface area contributed by atoms with Crippen molar-refractivity contribution in [3.05, 3.63) is 35.4 Å². The van der Waals surface area contributed by atoms with Crippen LogP contribution in [0, 0.1) is 11.6 Å². The second-order valence-corrected chi connectivity index (χ2v) is 6.01. The van der Waals surface area contributed by atoms with E-state index in [4.69, 9.17) is 10.5 Å². The lowest BCUT2D eigenvalue weighted by molar-refractivity contribution is -0.148. The highest BCUT2D eigenvalue weighted by Crippen LogP contribution is 2.47. The maximum absolute atomic E-state index is 14.2. The maximum Gasteiger partial charge on any atom is 0.233 e.